The van der Waals surface area contributed by atoms with Crippen LogP contribution in [0.4, 0.5) is 14.7 Å². The van der Waals surface area contributed by atoms with Crippen molar-refractivity contribution in [1.29, 1.82) is 0 Å². The van der Waals surface area contributed by atoms with Gasteiger partial charge in [0.25, 0.3) is 0 Å². The molecule has 1 fully saturated rings. The zero-order chi connectivity index (χ0) is 25.9. The Labute approximate surface area is 214 Å². The molecule has 3 aromatic rings. The quantitative estimate of drug-likeness (QED) is 0.504. The highest BCUT2D eigenvalue weighted by atomic mass is 19.1. The topological polar surface area (TPSA) is 71.0 Å². The number of carbonyl (C=O) groups excluding carboxylic acids is 1. The molecule has 8 nitrogen and oxygen atoms in total. The van der Waals surface area contributed by atoms with Gasteiger partial charge in [-0.1, -0.05) is 12.1 Å². The Morgan fingerprint density at radius 2 is 1.84 bits per heavy atom. The zero-order valence-electron chi connectivity index (χ0n) is 20.9. The number of carbonyl (C=O) groups is 1. The van der Waals surface area contributed by atoms with E-state index in [1.54, 1.807) is 12.0 Å². The fourth-order valence-electron chi connectivity index (χ4n) is 4.55. The predicted octanol–water partition coefficient (Wildman–Crippen LogP) is 3.43. The number of aromatic nitrogens is 2. The average Bonchev–Trinajstić information content (AvgIpc) is 2.90. The molecule has 10 heteroatoms. The maximum Gasteiger partial charge on any atom is 0.229 e. The Balaban J connectivity index is 1.43. The van der Waals surface area contributed by atoms with Crippen molar-refractivity contribution in [1.82, 2.24) is 19.8 Å². The standard InChI is InChI=1S/C27H29F2N5O3/c1-32-10-12-33(13-11-32)27-30-23-8-9-34(25(35)15-18-4-3-5-20(14-18)36-2)17-21(23)26(31-27)37-24-7-6-19(28)16-22(24)29/h3-7,14,16H,8-13,15,17H2,1-2H3. The second-order valence-corrected chi connectivity index (χ2v) is 9.31. The first-order valence-electron chi connectivity index (χ1n) is 12.3. The lowest BCUT2D eigenvalue weighted by Gasteiger charge is -2.34. The Kier molecular flexibility index (Phi) is 7.18. The number of benzene rings is 2. The van der Waals surface area contributed by atoms with Crippen LogP contribution in [0.3, 0.4) is 0 Å². The summed E-state index contributed by atoms with van der Waals surface area (Å²) < 4.78 is 39.1. The Morgan fingerprint density at radius 1 is 1.03 bits per heavy atom. The number of likely N-dealkylation sites (N-methyl/N-ethyl adjacent to an activating group) is 1. The molecule has 0 bridgehead atoms. The van der Waals surface area contributed by atoms with E-state index in [0.29, 0.717) is 30.2 Å². The molecule has 37 heavy (non-hydrogen) atoms. The van der Waals surface area contributed by atoms with Gasteiger partial charge in [0.05, 0.1) is 31.3 Å². The smallest absolute Gasteiger partial charge is 0.229 e. The van der Waals surface area contributed by atoms with Crippen molar-refractivity contribution in [2.24, 2.45) is 0 Å². The third-order valence-corrected chi connectivity index (χ3v) is 6.74. The minimum atomic E-state index is -0.824. The number of ether oxygens (including phenoxy) is 2. The molecule has 0 saturated carbocycles. The summed E-state index contributed by atoms with van der Waals surface area (Å²) in [7, 11) is 3.65. The van der Waals surface area contributed by atoms with Crippen molar-refractivity contribution >= 4 is 11.9 Å². The van der Waals surface area contributed by atoms with Crippen LogP contribution in [-0.2, 0) is 24.2 Å². The minimum absolute atomic E-state index is 0.0547. The lowest BCUT2D eigenvalue weighted by Crippen LogP contribution is -2.45. The van der Waals surface area contributed by atoms with Crippen LogP contribution in [0, 0.1) is 11.6 Å². The second-order valence-electron chi connectivity index (χ2n) is 9.31. The maximum atomic E-state index is 14.5. The molecule has 2 aliphatic heterocycles. The number of piperazine rings is 1. The molecule has 3 heterocycles. The summed E-state index contributed by atoms with van der Waals surface area (Å²) in [6.07, 6.45) is 0.736. The fourth-order valence-corrected chi connectivity index (χ4v) is 4.55. The van der Waals surface area contributed by atoms with Crippen LogP contribution in [0.2, 0.25) is 0 Å². The molecular formula is C27H29F2N5O3. The van der Waals surface area contributed by atoms with Crippen LogP contribution < -0.4 is 14.4 Å². The van der Waals surface area contributed by atoms with Crippen LogP contribution in [0.5, 0.6) is 17.4 Å². The van der Waals surface area contributed by atoms with Gasteiger partial charge in [-0.05, 0) is 36.9 Å². The van der Waals surface area contributed by atoms with E-state index >= 15 is 0 Å². The van der Waals surface area contributed by atoms with Crippen molar-refractivity contribution in [3.8, 4) is 17.4 Å². The predicted molar refractivity (Wildman–Crippen MR) is 134 cm³/mol. The molecule has 5 rings (SSSR count). The summed E-state index contributed by atoms with van der Waals surface area (Å²) in [5, 5.41) is 0. The maximum absolute atomic E-state index is 14.5. The second kappa shape index (κ2) is 10.7. The number of fused-ring (bicyclic) bond motifs is 1. The van der Waals surface area contributed by atoms with E-state index in [2.05, 4.69) is 21.8 Å². The van der Waals surface area contributed by atoms with Gasteiger partial charge in [-0.25, -0.2) is 13.8 Å². The van der Waals surface area contributed by atoms with Gasteiger partial charge in [0.2, 0.25) is 17.7 Å². The monoisotopic (exact) mass is 509 g/mol. The van der Waals surface area contributed by atoms with Crippen molar-refractivity contribution in [2.45, 2.75) is 19.4 Å². The Hall–Kier alpha value is -3.79. The van der Waals surface area contributed by atoms with Gasteiger partial charge in [-0.3, -0.25) is 4.79 Å². The third-order valence-electron chi connectivity index (χ3n) is 6.74. The number of methoxy groups -OCH3 is 1. The van der Waals surface area contributed by atoms with Crippen molar-refractivity contribution in [3.05, 3.63) is 70.9 Å². The third kappa shape index (κ3) is 5.64. The average molecular weight is 510 g/mol. The first-order valence-corrected chi connectivity index (χ1v) is 12.3. The molecule has 1 aromatic heterocycles. The fraction of sp³-hybridized carbons (Fsp3) is 0.370. The van der Waals surface area contributed by atoms with E-state index in [1.807, 2.05) is 24.3 Å². The number of rotatable bonds is 6. The van der Waals surface area contributed by atoms with E-state index in [0.717, 1.165) is 49.6 Å². The van der Waals surface area contributed by atoms with E-state index in [1.165, 1.54) is 6.07 Å². The largest absolute Gasteiger partial charge is 0.497 e. The van der Waals surface area contributed by atoms with E-state index < -0.39 is 11.6 Å². The van der Waals surface area contributed by atoms with Crippen LogP contribution >= 0.6 is 0 Å². The normalized spacial score (nSPS) is 15.9. The molecule has 0 aliphatic carbocycles. The van der Waals surface area contributed by atoms with Gasteiger partial charge >= 0.3 is 0 Å². The summed E-state index contributed by atoms with van der Waals surface area (Å²) in [5.41, 5.74) is 2.25. The van der Waals surface area contributed by atoms with Crippen LogP contribution in [0.15, 0.2) is 42.5 Å². The molecule has 1 amide bonds. The summed E-state index contributed by atoms with van der Waals surface area (Å²) in [5.74, 6) is -0.315. The highest BCUT2D eigenvalue weighted by Crippen LogP contribution is 2.33. The molecule has 0 radical (unpaired) electrons. The van der Waals surface area contributed by atoms with Crippen LogP contribution in [-0.4, -0.2) is 72.6 Å². The van der Waals surface area contributed by atoms with Crippen molar-refractivity contribution in [2.75, 3.05) is 51.8 Å². The summed E-state index contributed by atoms with van der Waals surface area (Å²) >= 11 is 0. The molecule has 2 aliphatic rings. The molecule has 0 unspecified atom stereocenters. The lowest BCUT2D eigenvalue weighted by molar-refractivity contribution is -0.131. The van der Waals surface area contributed by atoms with Gasteiger partial charge in [-0.15, -0.1) is 0 Å². The van der Waals surface area contributed by atoms with Crippen molar-refractivity contribution < 1.29 is 23.0 Å². The number of hydrogen-bond donors (Lipinski definition) is 0. The van der Waals surface area contributed by atoms with Crippen LogP contribution in [0.25, 0.3) is 0 Å². The van der Waals surface area contributed by atoms with Gasteiger partial charge in [0.15, 0.2) is 11.6 Å². The molecule has 0 atom stereocenters. The number of hydrogen-bond acceptors (Lipinski definition) is 7. The molecule has 1 saturated heterocycles. The molecule has 0 spiro atoms. The van der Waals surface area contributed by atoms with E-state index in [9.17, 15) is 13.6 Å². The van der Waals surface area contributed by atoms with Crippen LogP contribution in [0.1, 0.15) is 16.8 Å². The number of amides is 1. The minimum Gasteiger partial charge on any atom is -0.497 e. The first kappa shape index (κ1) is 24.9. The summed E-state index contributed by atoms with van der Waals surface area (Å²) in [6, 6.07) is 10.6. The lowest BCUT2D eigenvalue weighted by atomic mass is 10.0. The number of nitrogens with zero attached hydrogens (tertiary/aromatic N) is 5. The van der Waals surface area contributed by atoms with Gasteiger partial charge in [0.1, 0.15) is 11.6 Å². The molecule has 2 aromatic carbocycles. The van der Waals surface area contributed by atoms with E-state index in [-0.39, 0.29) is 30.5 Å². The highest BCUT2D eigenvalue weighted by molar-refractivity contribution is 5.79. The highest BCUT2D eigenvalue weighted by Gasteiger charge is 2.29. The summed E-state index contributed by atoms with van der Waals surface area (Å²) in [4.78, 5) is 28.7. The van der Waals surface area contributed by atoms with E-state index in [4.69, 9.17) is 14.5 Å². The molecular weight excluding hydrogens is 480 g/mol. The molecule has 0 N–H and O–H groups in total. The first-order chi connectivity index (χ1) is 17.9. The Morgan fingerprint density at radius 3 is 2.59 bits per heavy atom. The summed E-state index contributed by atoms with van der Waals surface area (Å²) in [6.45, 7) is 3.99. The number of halogens is 2. The van der Waals surface area contributed by atoms with Gasteiger partial charge < -0.3 is 24.2 Å². The van der Waals surface area contributed by atoms with Crippen molar-refractivity contribution in [3.63, 3.8) is 0 Å². The van der Waals surface area contributed by atoms with Gasteiger partial charge in [-0.2, -0.15) is 4.98 Å². The Bertz CT molecular complexity index is 1300. The SMILES string of the molecule is COc1cccc(CC(=O)N2CCc3nc(N4CCN(C)CC4)nc(Oc4ccc(F)cc4F)c3C2)c1. The van der Waals surface area contributed by atoms with Gasteiger partial charge in [0, 0.05) is 45.2 Å². The molecule has 194 valence electrons. The zero-order valence-corrected chi connectivity index (χ0v) is 20.9. The number of anilines is 1.